The van der Waals surface area contributed by atoms with E-state index >= 15 is 0 Å². The Bertz CT molecular complexity index is 982. The summed E-state index contributed by atoms with van der Waals surface area (Å²) in [7, 11) is 0. The van der Waals surface area contributed by atoms with Crippen molar-refractivity contribution < 1.29 is 13.8 Å². The normalized spacial score (nSPS) is 10.8. The molecule has 0 spiro atoms. The van der Waals surface area contributed by atoms with E-state index in [9.17, 15) is 0 Å². The summed E-state index contributed by atoms with van der Waals surface area (Å²) in [6.45, 7) is 0.129. The average molecular weight is 354 g/mol. The monoisotopic (exact) mass is 353 g/mol. The Balaban J connectivity index is 1.44. The molecule has 7 heteroatoms. The molecule has 0 atom stereocenters. The van der Waals surface area contributed by atoms with Crippen LogP contribution in [0.15, 0.2) is 69.7 Å². The zero-order valence-corrected chi connectivity index (χ0v) is 13.7. The van der Waals surface area contributed by atoms with Crippen molar-refractivity contribution in [2.75, 3.05) is 0 Å². The smallest absolute Gasteiger partial charge is 0.418 e. The quantitative estimate of drug-likeness (QED) is 0.521. The number of hydrogen-bond acceptors (Lipinski definition) is 6. The third kappa shape index (κ3) is 3.39. The first-order valence-corrected chi connectivity index (χ1v) is 7.90. The largest absolute Gasteiger partial charge is 0.441 e. The molecule has 4 aromatic rings. The van der Waals surface area contributed by atoms with E-state index in [1.165, 1.54) is 0 Å². The van der Waals surface area contributed by atoms with Crippen LogP contribution in [-0.4, -0.2) is 15.3 Å². The summed E-state index contributed by atoms with van der Waals surface area (Å²) in [5.74, 6) is 0.916. The van der Waals surface area contributed by atoms with Gasteiger partial charge in [-0.25, -0.2) is 0 Å². The Morgan fingerprint density at radius 1 is 0.920 bits per heavy atom. The lowest BCUT2D eigenvalue weighted by Crippen LogP contribution is -1.93. The molecule has 4 rings (SSSR count). The number of hydrogen-bond donors (Lipinski definition) is 0. The SMILES string of the molecule is Clc1ccccc1-c1noc(OCc2cc(-c3ccccc3)no2)n1. The second kappa shape index (κ2) is 6.78. The van der Waals surface area contributed by atoms with Crippen LogP contribution in [-0.2, 0) is 6.61 Å². The Morgan fingerprint density at radius 3 is 2.56 bits per heavy atom. The van der Waals surface area contributed by atoms with Crippen molar-refractivity contribution >= 4 is 11.6 Å². The highest BCUT2D eigenvalue weighted by Gasteiger charge is 2.13. The Labute approximate surface area is 148 Å². The number of aromatic nitrogens is 3. The van der Waals surface area contributed by atoms with E-state index in [-0.39, 0.29) is 12.7 Å². The zero-order valence-electron chi connectivity index (χ0n) is 12.9. The summed E-state index contributed by atoms with van der Waals surface area (Å²) in [6.07, 6.45) is 0.0348. The van der Waals surface area contributed by atoms with Crippen LogP contribution < -0.4 is 4.74 Å². The standard InChI is InChI=1S/C18H12ClN3O3/c19-15-9-5-4-8-14(15)17-20-18(25-22-17)23-11-13-10-16(21-24-13)12-6-2-1-3-7-12/h1-10H,11H2. The molecule has 0 bridgehead atoms. The van der Waals surface area contributed by atoms with E-state index in [1.807, 2.05) is 42.5 Å². The number of benzene rings is 2. The number of nitrogens with zero attached hydrogens (tertiary/aromatic N) is 3. The molecule has 0 aliphatic heterocycles. The fourth-order valence-corrected chi connectivity index (χ4v) is 2.50. The molecule has 0 amide bonds. The van der Waals surface area contributed by atoms with Crippen molar-refractivity contribution in [3.8, 4) is 28.7 Å². The summed E-state index contributed by atoms with van der Waals surface area (Å²) in [5, 5.41) is 8.43. The molecule has 0 unspecified atom stereocenters. The van der Waals surface area contributed by atoms with Gasteiger partial charge < -0.3 is 9.26 Å². The summed E-state index contributed by atoms with van der Waals surface area (Å²) in [4.78, 5) is 4.17. The molecule has 0 fully saturated rings. The van der Waals surface area contributed by atoms with Gasteiger partial charge in [0, 0.05) is 17.2 Å². The van der Waals surface area contributed by atoms with Crippen LogP contribution >= 0.6 is 11.6 Å². The summed E-state index contributed by atoms with van der Waals surface area (Å²) in [6, 6.07) is 18.8. The van der Waals surface area contributed by atoms with Gasteiger partial charge in [-0.1, -0.05) is 64.4 Å². The first-order valence-electron chi connectivity index (χ1n) is 7.52. The zero-order chi connectivity index (χ0) is 17.1. The van der Waals surface area contributed by atoms with Gasteiger partial charge in [0.1, 0.15) is 5.69 Å². The molecule has 2 aromatic carbocycles. The number of ether oxygens (including phenoxy) is 1. The molecule has 124 valence electrons. The molecule has 2 aromatic heterocycles. The summed E-state index contributed by atoms with van der Waals surface area (Å²) in [5.41, 5.74) is 2.38. The molecule has 0 aliphatic carbocycles. The summed E-state index contributed by atoms with van der Waals surface area (Å²) >= 11 is 6.12. The maximum atomic E-state index is 6.12. The Kier molecular flexibility index (Phi) is 4.18. The summed E-state index contributed by atoms with van der Waals surface area (Å²) < 4.78 is 15.8. The van der Waals surface area contributed by atoms with E-state index in [1.54, 1.807) is 18.2 Å². The van der Waals surface area contributed by atoms with Gasteiger partial charge in [-0.15, -0.1) is 0 Å². The molecular weight excluding hydrogens is 342 g/mol. The van der Waals surface area contributed by atoms with Gasteiger partial charge in [-0.3, -0.25) is 4.52 Å². The highest BCUT2D eigenvalue weighted by atomic mass is 35.5. The number of halogens is 1. The minimum absolute atomic E-state index is 0.0348. The molecule has 0 saturated heterocycles. The van der Waals surface area contributed by atoms with E-state index < -0.39 is 0 Å². The lowest BCUT2D eigenvalue weighted by Gasteiger charge is -1.96. The third-order valence-corrected chi connectivity index (χ3v) is 3.82. The van der Waals surface area contributed by atoms with Crippen molar-refractivity contribution in [2.45, 2.75) is 6.61 Å². The van der Waals surface area contributed by atoms with Crippen molar-refractivity contribution in [1.29, 1.82) is 0 Å². The van der Waals surface area contributed by atoms with Crippen molar-refractivity contribution in [1.82, 2.24) is 15.3 Å². The van der Waals surface area contributed by atoms with Crippen LogP contribution in [0.1, 0.15) is 5.76 Å². The predicted octanol–water partition coefficient (Wildman–Crippen LogP) is 4.62. The van der Waals surface area contributed by atoms with Crippen LogP contribution in [0.5, 0.6) is 6.08 Å². The maximum absolute atomic E-state index is 6.12. The topological polar surface area (TPSA) is 74.2 Å². The van der Waals surface area contributed by atoms with Gasteiger partial charge in [-0.2, -0.15) is 4.98 Å². The van der Waals surface area contributed by atoms with Gasteiger partial charge in [0.05, 0.1) is 5.02 Å². The van der Waals surface area contributed by atoms with Crippen LogP contribution in [0.4, 0.5) is 0 Å². The van der Waals surface area contributed by atoms with Crippen molar-refractivity contribution in [3.05, 3.63) is 71.4 Å². The van der Waals surface area contributed by atoms with Gasteiger partial charge in [0.25, 0.3) is 0 Å². The molecule has 0 radical (unpaired) electrons. The van der Waals surface area contributed by atoms with Crippen molar-refractivity contribution in [2.24, 2.45) is 0 Å². The van der Waals surface area contributed by atoms with Crippen LogP contribution in [0, 0.1) is 0 Å². The lowest BCUT2D eigenvalue weighted by atomic mass is 10.1. The molecule has 0 aliphatic rings. The van der Waals surface area contributed by atoms with E-state index in [0.717, 1.165) is 11.3 Å². The molecular formula is C18H12ClN3O3. The van der Waals surface area contributed by atoms with Crippen LogP contribution in [0.3, 0.4) is 0 Å². The van der Waals surface area contributed by atoms with E-state index in [4.69, 9.17) is 25.4 Å². The van der Waals surface area contributed by atoms with Gasteiger partial charge in [-0.05, 0) is 12.1 Å². The first-order chi connectivity index (χ1) is 12.3. The third-order valence-electron chi connectivity index (χ3n) is 3.49. The number of rotatable bonds is 5. The van der Waals surface area contributed by atoms with Crippen LogP contribution in [0.2, 0.25) is 5.02 Å². The second-order valence-electron chi connectivity index (χ2n) is 5.20. The molecule has 25 heavy (non-hydrogen) atoms. The van der Waals surface area contributed by atoms with E-state index in [2.05, 4.69) is 15.3 Å². The molecule has 0 N–H and O–H groups in total. The highest BCUT2D eigenvalue weighted by Crippen LogP contribution is 2.26. The highest BCUT2D eigenvalue weighted by molar-refractivity contribution is 6.33. The lowest BCUT2D eigenvalue weighted by molar-refractivity contribution is 0.173. The van der Waals surface area contributed by atoms with Crippen LogP contribution in [0.25, 0.3) is 22.6 Å². The van der Waals surface area contributed by atoms with E-state index in [0.29, 0.717) is 22.2 Å². The fraction of sp³-hybridized carbons (Fsp3) is 0.0556. The Morgan fingerprint density at radius 2 is 1.72 bits per heavy atom. The van der Waals surface area contributed by atoms with Crippen molar-refractivity contribution in [3.63, 3.8) is 0 Å². The molecule has 0 saturated carbocycles. The predicted molar refractivity (Wildman–Crippen MR) is 91.0 cm³/mol. The van der Waals surface area contributed by atoms with Gasteiger partial charge in [0.2, 0.25) is 5.82 Å². The van der Waals surface area contributed by atoms with Gasteiger partial charge in [0.15, 0.2) is 12.4 Å². The molecule has 2 heterocycles. The average Bonchev–Trinajstić information content (AvgIpc) is 3.31. The second-order valence-corrected chi connectivity index (χ2v) is 5.60. The maximum Gasteiger partial charge on any atom is 0.418 e. The fourth-order valence-electron chi connectivity index (χ4n) is 2.28. The molecule has 6 nitrogen and oxygen atoms in total. The van der Waals surface area contributed by atoms with Gasteiger partial charge >= 0.3 is 6.08 Å². The minimum atomic E-state index is 0.0348. The Hall–Kier alpha value is -3.12. The minimum Gasteiger partial charge on any atom is -0.441 e. The first kappa shape index (κ1) is 15.4.